The molecule has 0 bridgehead atoms. The van der Waals surface area contributed by atoms with Gasteiger partial charge in [0.2, 0.25) is 0 Å². The summed E-state index contributed by atoms with van der Waals surface area (Å²) in [6.07, 6.45) is 5.50. The number of piperidine rings is 1. The van der Waals surface area contributed by atoms with Gasteiger partial charge in [-0.2, -0.15) is 0 Å². The third-order valence-electron chi connectivity index (χ3n) is 7.84. The molecule has 4 rings (SSSR count). The lowest BCUT2D eigenvalue weighted by Crippen LogP contribution is -2.50. The Kier molecular flexibility index (Phi) is 9.46. The summed E-state index contributed by atoms with van der Waals surface area (Å²) in [6.45, 7) is 12.0. The lowest BCUT2D eigenvalue weighted by Gasteiger charge is -2.41. The predicted octanol–water partition coefficient (Wildman–Crippen LogP) is 3.95. The smallest absolute Gasteiger partial charge is 0.172 e. The first-order valence-corrected chi connectivity index (χ1v) is 17.9. The van der Waals surface area contributed by atoms with Crippen LogP contribution in [0.5, 0.6) is 0 Å². The van der Waals surface area contributed by atoms with Crippen LogP contribution in [0.3, 0.4) is 0 Å². The number of aromatic nitrogens is 3. The highest BCUT2D eigenvalue weighted by Gasteiger charge is 2.49. The fourth-order valence-corrected chi connectivity index (χ4v) is 9.79. The average Bonchev–Trinajstić information content (AvgIpc) is 3.17. The van der Waals surface area contributed by atoms with Gasteiger partial charge in [-0.3, -0.25) is 4.98 Å². The van der Waals surface area contributed by atoms with Crippen LogP contribution < -0.4 is 10.3 Å². The van der Waals surface area contributed by atoms with E-state index in [-0.39, 0.29) is 23.8 Å². The Morgan fingerprint density at radius 1 is 1.41 bits per heavy atom. The van der Waals surface area contributed by atoms with Crippen molar-refractivity contribution in [3.63, 3.8) is 0 Å². The van der Waals surface area contributed by atoms with Gasteiger partial charge in [0.25, 0.3) is 0 Å². The van der Waals surface area contributed by atoms with Gasteiger partial charge in [-0.1, -0.05) is 36.9 Å². The molecule has 0 aliphatic carbocycles. The zero-order valence-corrected chi connectivity index (χ0v) is 26.3. The number of ether oxygens (including phenoxy) is 1. The summed E-state index contributed by atoms with van der Waals surface area (Å²) in [7, 11) is -4.31. The van der Waals surface area contributed by atoms with Crippen LogP contribution in [0.2, 0.25) is 10.1 Å². The topological polar surface area (TPSA) is 132 Å². The van der Waals surface area contributed by atoms with Crippen LogP contribution in [0.25, 0.3) is 5.57 Å². The van der Waals surface area contributed by atoms with Gasteiger partial charge in [0.05, 0.1) is 40.6 Å². The molecule has 39 heavy (non-hydrogen) atoms. The third kappa shape index (κ3) is 6.37. The molecule has 2 saturated heterocycles. The monoisotopic (exact) mass is 610 g/mol. The number of aliphatic hydroxyl groups excluding tert-OH is 1. The molecule has 0 amide bonds. The number of rotatable bonds is 9. The molecule has 2 aromatic rings. The number of pyridine rings is 1. The van der Waals surface area contributed by atoms with Crippen molar-refractivity contribution in [3.8, 4) is 0 Å². The molecule has 213 valence electrons. The van der Waals surface area contributed by atoms with E-state index in [0.29, 0.717) is 44.1 Å². The van der Waals surface area contributed by atoms with Crippen molar-refractivity contribution in [3.05, 3.63) is 40.9 Å². The molecule has 9 nitrogen and oxygen atoms in total. The summed E-state index contributed by atoms with van der Waals surface area (Å²) in [4.78, 5) is 16.9. The second kappa shape index (κ2) is 12.1. The number of nitrogens with two attached hydrogens (primary N) is 1. The maximum Gasteiger partial charge on any atom is 0.172 e. The van der Waals surface area contributed by atoms with E-state index in [0.717, 1.165) is 38.2 Å². The molecule has 13 heteroatoms. The fraction of sp³-hybridized carbons (Fsp3) is 0.577. The van der Waals surface area contributed by atoms with Crippen LogP contribution in [0.4, 0.5) is 5.82 Å². The van der Waals surface area contributed by atoms with Gasteiger partial charge < -0.3 is 20.1 Å². The number of aliphatic hydroxyl groups is 1. The summed E-state index contributed by atoms with van der Waals surface area (Å²) < 4.78 is 30.1. The summed E-state index contributed by atoms with van der Waals surface area (Å²) in [5, 5.41) is 17.3. The van der Waals surface area contributed by atoms with Crippen molar-refractivity contribution in [1.82, 2.24) is 15.0 Å². The summed E-state index contributed by atoms with van der Waals surface area (Å²) in [6, 6.07) is 1.78. The number of nitrogens with zero attached hydrogens (tertiary/aromatic N) is 4. The number of allylic oxidation sites excluding steroid dienone is 1. The van der Waals surface area contributed by atoms with Gasteiger partial charge >= 0.3 is 0 Å². The van der Waals surface area contributed by atoms with Crippen LogP contribution >= 0.6 is 23.4 Å². The first kappa shape index (κ1) is 30.4. The van der Waals surface area contributed by atoms with Crippen LogP contribution in [0, 0.1) is 6.92 Å². The van der Waals surface area contributed by atoms with Gasteiger partial charge in [-0.25, -0.2) is 18.4 Å². The first-order chi connectivity index (χ1) is 18.4. The van der Waals surface area contributed by atoms with E-state index in [4.69, 9.17) is 31.7 Å². The number of hydrogen-bond acceptors (Lipinski definition) is 10. The number of halogens is 1. The molecule has 4 heterocycles. The molecule has 2 fully saturated rings. The minimum Gasteiger partial charge on any atom is -0.390 e. The van der Waals surface area contributed by atoms with E-state index in [1.54, 1.807) is 12.3 Å². The largest absolute Gasteiger partial charge is 0.390 e. The minimum absolute atomic E-state index is 0.0937. The molecular weight excluding hydrogens is 574 g/mol. The lowest BCUT2D eigenvalue weighted by atomic mass is 9.96. The molecule has 2 aliphatic rings. The Bertz CT molecular complexity index is 1340. The van der Waals surface area contributed by atoms with Crippen molar-refractivity contribution in [2.45, 2.75) is 79.0 Å². The Morgan fingerprint density at radius 3 is 2.67 bits per heavy atom. The van der Waals surface area contributed by atoms with Gasteiger partial charge in [0.15, 0.2) is 24.6 Å². The SMILES string of the molecule is C=C(CC(CC)S(C)(=O)=O)c1nccc(Sc2nc(CO)c(N3CCC4(CC3)CO[C@@H](C)[Si]4N)nc2C)c1Cl. The molecular formula is C26H37ClN5O4S2Si. The standard InChI is InChI=1S/C26H37ClN5O4S2Si/c1-6-19(38(5,34)35)13-16(2)23-22(27)21(7-10-29-23)37-25-17(3)30-24(20(14-33)31-25)32-11-8-26(9-12-32)15-36-18(4)39(26)28/h7,10,18-19,33H,2,6,8-9,11-15,28H2,1,3-5H3/t18-,19?/m1/s1. The lowest BCUT2D eigenvalue weighted by molar-refractivity contribution is 0.117. The fourth-order valence-electron chi connectivity index (χ4n) is 5.27. The normalized spacial score (nSPS) is 20.5. The molecule has 1 unspecified atom stereocenters. The van der Waals surface area contributed by atoms with Crippen molar-refractivity contribution in [2.24, 2.45) is 5.40 Å². The highest BCUT2D eigenvalue weighted by molar-refractivity contribution is 7.99. The van der Waals surface area contributed by atoms with Crippen molar-refractivity contribution in [1.29, 1.82) is 0 Å². The Balaban J connectivity index is 1.53. The molecule has 2 atom stereocenters. The highest BCUT2D eigenvalue weighted by Crippen LogP contribution is 2.47. The number of aryl methyl sites for hydroxylation is 1. The molecule has 3 N–H and O–H groups in total. The number of sulfone groups is 1. The molecule has 0 saturated carbocycles. The Hall–Kier alpha value is -1.54. The number of anilines is 1. The second-order valence-corrected chi connectivity index (χ2v) is 17.0. The van der Waals surface area contributed by atoms with Crippen molar-refractivity contribution < 1.29 is 18.3 Å². The molecule has 1 radical (unpaired) electrons. The second-order valence-electron chi connectivity index (χ2n) is 10.5. The minimum atomic E-state index is -3.22. The van der Waals surface area contributed by atoms with Crippen molar-refractivity contribution in [2.75, 3.05) is 30.9 Å². The van der Waals surface area contributed by atoms with Crippen LogP contribution in [-0.4, -0.2) is 74.4 Å². The van der Waals surface area contributed by atoms with E-state index in [2.05, 4.69) is 23.4 Å². The summed E-state index contributed by atoms with van der Waals surface area (Å²) >= 11 is 8.08. The molecule has 2 aromatic heterocycles. The van der Waals surface area contributed by atoms with Gasteiger partial charge in [-0.15, -0.1) is 0 Å². The highest BCUT2D eigenvalue weighted by atomic mass is 35.5. The maximum atomic E-state index is 12.1. The first-order valence-electron chi connectivity index (χ1n) is 13.1. The summed E-state index contributed by atoms with van der Waals surface area (Å²) in [5.41, 5.74) is 2.45. The van der Waals surface area contributed by atoms with Gasteiger partial charge in [0.1, 0.15) is 10.7 Å². The molecule has 1 spiro atoms. The Morgan fingerprint density at radius 2 is 2.10 bits per heavy atom. The van der Waals surface area contributed by atoms with Crippen molar-refractivity contribution >= 4 is 53.5 Å². The molecule has 2 aliphatic heterocycles. The number of hydrogen-bond donors (Lipinski definition) is 2. The third-order valence-corrected chi connectivity index (χ3v) is 14.1. The predicted molar refractivity (Wildman–Crippen MR) is 158 cm³/mol. The van der Waals surface area contributed by atoms with E-state index in [1.165, 1.54) is 18.0 Å². The van der Waals surface area contributed by atoms with Crippen LogP contribution in [-0.2, 0) is 21.2 Å². The van der Waals surface area contributed by atoms with E-state index >= 15 is 0 Å². The zero-order valence-electron chi connectivity index (χ0n) is 22.9. The quantitative estimate of drug-likeness (QED) is 0.402. The average molecular weight is 611 g/mol. The molecule has 0 aromatic carbocycles. The van der Waals surface area contributed by atoms with Crippen LogP contribution in [0.1, 0.15) is 56.6 Å². The van der Waals surface area contributed by atoms with Gasteiger partial charge in [-0.05, 0) is 51.2 Å². The Labute approximate surface area is 242 Å². The summed E-state index contributed by atoms with van der Waals surface area (Å²) in [5.74, 6) is 0.702. The van der Waals surface area contributed by atoms with E-state index in [9.17, 15) is 13.5 Å². The van der Waals surface area contributed by atoms with E-state index < -0.39 is 24.0 Å². The zero-order chi connectivity index (χ0) is 28.5. The van der Waals surface area contributed by atoms with E-state index in [1.807, 2.05) is 13.8 Å². The van der Waals surface area contributed by atoms with Gasteiger partial charge in [0, 0.05) is 35.5 Å². The van der Waals surface area contributed by atoms with Crippen LogP contribution in [0.15, 0.2) is 28.8 Å². The maximum absolute atomic E-state index is 12.1.